The molecular formula is C14H2S. The fraction of sp³-hybridized carbons (Fsp3) is 0. The van der Waals surface area contributed by atoms with Crippen molar-refractivity contribution in [1.29, 1.82) is 0 Å². The highest BCUT2D eigenvalue weighted by atomic mass is 32.1. The maximum atomic E-state index is 4.34. The maximum Gasteiger partial charge on any atom is 0.0148 e. The standard InChI is InChI=1S/C14H2S/c1-2-3-4-5-6-7-8-9-10-11-12-13-14-15/h1H2. The number of rotatable bonds is 0. The normalized spacial score (nSPS) is 3.73. The predicted molar refractivity (Wildman–Crippen MR) is 60.4 cm³/mol. The van der Waals surface area contributed by atoms with Gasteiger partial charge in [0.1, 0.15) is 0 Å². The Kier molecular flexibility index (Phi) is 9.16. The molecule has 0 unspecified atom stereocenters. The quantitative estimate of drug-likeness (QED) is 0.430. The summed E-state index contributed by atoms with van der Waals surface area (Å²) in [5.41, 5.74) is 29.3. The summed E-state index contributed by atoms with van der Waals surface area (Å²) in [4.78, 5) is 0. The summed E-state index contributed by atoms with van der Waals surface area (Å²) in [6.07, 6.45) is 0. The van der Waals surface area contributed by atoms with Crippen LogP contribution in [0.25, 0.3) is 0 Å². The van der Waals surface area contributed by atoms with Crippen molar-refractivity contribution in [3.05, 3.63) is 75.4 Å². The monoisotopic (exact) mass is 202 g/mol. The molecule has 0 aromatic carbocycles. The second-order valence-electron chi connectivity index (χ2n) is 1.65. The molecule has 1 heteroatoms. The molecule has 0 bridgehead atoms. The van der Waals surface area contributed by atoms with Crippen LogP contribution >= 0.6 is 12.2 Å². The van der Waals surface area contributed by atoms with Crippen molar-refractivity contribution >= 4 is 17.2 Å². The molecule has 0 N–H and O–H groups in total. The van der Waals surface area contributed by atoms with Gasteiger partial charge in [-0.05, 0) is 53.2 Å². The van der Waals surface area contributed by atoms with Gasteiger partial charge >= 0.3 is 0 Å². The van der Waals surface area contributed by atoms with Gasteiger partial charge in [-0.15, -0.1) is 0 Å². The minimum atomic E-state index is 2.21. The van der Waals surface area contributed by atoms with Gasteiger partial charge in [0, 0.05) is 33.7 Å². The van der Waals surface area contributed by atoms with E-state index in [0.717, 1.165) is 0 Å². The van der Waals surface area contributed by atoms with Crippen LogP contribution < -0.4 is 0 Å². The summed E-state index contributed by atoms with van der Waals surface area (Å²) in [5, 5.41) is 2.21. The summed E-state index contributed by atoms with van der Waals surface area (Å²) in [6.45, 7) is 3.29. The summed E-state index contributed by atoms with van der Waals surface area (Å²) < 4.78 is 0. The number of hydrogen-bond donors (Lipinski definition) is 0. The summed E-state index contributed by atoms with van der Waals surface area (Å²) in [6, 6.07) is 0. The SMILES string of the molecule is C=C=C=C=C=C=C=C=C=C=C=C=C=C=S. The third-order valence-corrected chi connectivity index (χ3v) is 0.866. The molecule has 0 rings (SSSR count). The first kappa shape index (κ1) is 12.2. The maximum absolute atomic E-state index is 4.34. The summed E-state index contributed by atoms with van der Waals surface area (Å²) in [7, 11) is 0. The predicted octanol–water partition coefficient (Wildman–Crippen LogP) is 2.63. The molecule has 0 amide bonds. The van der Waals surface area contributed by atoms with Crippen molar-refractivity contribution in [3.8, 4) is 0 Å². The Morgan fingerprint density at radius 2 is 0.867 bits per heavy atom. The lowest BCUT2D eigenvalue weighted by atomic mass is 10.6. The van der Waals surface area contributed by atoms with Gasteiger partial charge in [-0.2, -0.15) is 0 Å². The Balaban J connectivity index is 5.62. The Labute approximate surface area is 92.9 Å². The van der Waals surface area contributed by atoms with E-state index >= 15 is 0 Å². The van der Waals surface area contributed by atoms with Gasteiger partial charge < -0.3 is 0 Å². The fourth-order valence-corrected chi connectivity index (χ4v) is 0.402. The first-order chi connectivity index (χ1) is 7.41. The van der Waals surface area contributed by atoms with Crippen molar-refractivity contribution < 1.29 is 0 Å². The van der Waals surface area contributed by atoms with Crippen molar-refractivity contribution in [2.24, 2.45) is 0 Å². The van der Waals surface area contributed by atoms with Crippen LogP contribution in [-0.4, -0.2) is 5.02 Å². The zero-order valence-electron chi connectivity index (χ0n) is 7.62. The van der Waals surface area contributed by atoms with Crippen LogP contribution in [0.2, 0.25) is 0 Å². The minimum Gasteiger partial charge on any atom is -0.0687 e. The molecular weight excluding hydrogens is 200 g/mol. The lowest BCUT2D eigenvalue weighted by molar-refractivity contribution is 2.13. The van der Waals surface area contributed by atoms with Crippen LogP contribution in [0.4, 0.5) is 0 Å². The van der Waals surface area contributed by atoms with E-state index in [-0.39, 0.29) is 0 Å². The average molecular weight is 202 g/mol. The molecule has 0 saturated carbocycles. The first-order valence-electron chi connectivity index (χ1n) is 3.56. The van der Waals surface area contributed by atoms with Gasteiger partial charge in [0.15, 0.2) is 0 Å². The molecule has 0 heterocycles. The highest BCUT2D eigenvalue weighted by molar-refractivity contribution is 7.78. The fourth-order valence-electron chi connectivity index (χ4n) is 0.351. The van der Waals surface area contributed by atoms with E-state index in [4.69, 9.17) is 0 Å². The molecule has 0 aliphatic rings. The van der Waals surface area contributed by atoms with Crippen LogP contribution in [0.15, 0.2) is 75.4 Å². The lowest BCUT2D eigenvalue weighted by Gasteiger charge is -1.39. The van der Waals surface area contributed by atoms with Gasteiger partial charge in [-0.1, -0.05) is 5.73 Å². The summed E-state index contributed by atoms with van der Waals surface area (Å²) in [5.74, 6) is 0. The largest absolute Gasteiger partial charge is 0.0687 e. The van der Waals surface area contributed by atoms with Crippen LogP contribution in [0.3, 0.4) is 0 Å². The average Bonchev–Trinajstić information content (AvgIpc) is 2.26. The highest BCUT2D eigenvalue weighted by Gasteiger charge is 1.40. The van der Waals surface area contributed by atoms with E-state index in [0.29, 0.717) is 0 Å². The second kappa shape index (κ2) is 11.2. The van der Waals surface area contributed by atoms with Crippen LogP contribution in [-0.2, 0) is 0 Å². The molecule has 0 radical (unpaired) electrons. The Morgan fingerprint density at radius 1 is 0.533 bits per heavy atom. The van der Waals surface area contributed by atoms with E-state index < -0.39 is 0 Å². The molecule has 0 aromatic heterocycles. The Morgan fingerprint density at radius 3 is 1.20 bits per heavy atom. The van der Waals surface area contributed by atoms with E-state index in [9.17, 15) is 0 Å². The third-order valence-electron chi connectivity index (χ3n) is 0.764. The Hall–Kier alpha value is -2.77. The van der Waals surface area contributed by atoms with E-state index in [1.807, 2.05) is 0 Å². The van der Waals surface area contributed by atoms with Gasteiger partial charge in [0.25, 0.3) is 0 Å². The molecule has 0 saturated heterocycles. The van der Waals surface area contributed by atoms with Gasteiger partial charge in [-0.25, -0.2) is 0 Å². The molecule has 0 fully saturated rings. The van der Waals surface area contributed by atoms with Crippen molar-refractivity contribution in [3.63, 3.8) is 0 Å². The zero-order chi connectivity index (χ0) is 11.2. The Bertz CT molecular complexity index is 637. The second-order valence-corrected chi connectivity index (χ2v) is 1.86. The van der Waals surface area contributed by atoms with Crippen molar-refractivity contribution in [1.82, 2.24) is 0 Å². The first-order valence-corrected chi connectivity index (χ1v) is 3.97. The molecule has 0 spiro atoms. The van der Waals surface area contributed by atoms with Crippen molar-refractivity contribution in [2.75, 3.05) is 0 Å². The topological polar surface area (TPSA) is 0 Å². The van der Waals surface area contributed by atoms with Crippen molar-refractivity contribution in [2.45, 2.75) is 0 Å². The molecule has 0 aliphatic heterocycles. The number of thiocarbonyl (C=S) groups is 1. The molecule has 15 heavy (non-hydrogen) atoms. The molecule has 0 aliphatic carbocycles. The van der Waals surface area contributed by atoms with E-state index in [1.54, 1.807) is 0 Å². The molecule has 0 aromatic rings. The lowest BCUT2D eigenvalue weighted by Crippen LogP contribution is -1.25. The van der Waals surface area contributed by atoms with Gasteiger partial charge in [-0.3, -0.25) is 0 Å². The van der Waals surface area contributed by atoms with E-state index in [2.05, 4.69) is 92.6 Å². The van der Waals surface area contributed by atoms with Gasteiger partial charge in [0.2, 0.25) is 0 Å². The minimum absolute atomic E-state index is 2.21. The zero-order valence-corrected chi connectivity index (χ0v) is 8.43. The molecule has 0 nitrogen and oxygen atoms in total. The van der Waals surface area contributed by atoms with Crippen LogP contribution in [0.1, 0.15) is 0 Å². The van der Waals surface area contributed by atoms with Crippen LogP contribution in [0.5, 0.6) is 0 Å². The smallest absolute Gasteiger partial charge is 0.0148 e. The van der Waals surface area contributed by atoms with Crippen LogP contribution in [0, 0.1) is 0 Å². The summed E-state index contributed by atoms with van der Waals surface area (Å²) >= 11 is 4.34. The third kappa shape index (κ3) is 11.2. The highest BCUT2D eigenvalue weighted by Crippen LogP contribution is 1.55. The van der Waals surface area contributed by atoms with E-state index in [1.165, 1.54) is 0 Å². The number of hydrogen-bond acceptors (Lipinski definition) is 1. The molecule has 0 atom stereocenters. The van der Waals surface area contributed by atoms with Gasteiger partial charge in [0.05, 0.1) is 0 Å². The molecule has 64 valence electrons.